The molecule has 1 rings (SSSR count). The summed E-state index contributed by atoms with van der Waals surface area (Å²) in [5, 5.41) is 19.3. The van der Waals surface area contributed by atoms with Gasteiger partial charge in [-0.25, -0.2) is 0 Å². The second-order valence-corrected chi connectivity index (χ2v) is 2.17. The summed E-state index contributed by atoms with van der Waals surface area (Å²) in [4.78, 5) is 20.2. The zero-order valence-corrected chi connectivity index (χ0v) is 18.2. The van der Waals surface area contributed by atoms with E-state index >= 15 is 0 Å². The summed E-state index contributed by atoms with van der Waals surface area (Å²) in [6.07, 6.45) is 0. The van der Waals surface area contributed by atoms with Gasteiger partial charge in [-0.1, -0.05) is 30.0 Å². The number of carbonyl (C=O) groups excluding carboxylic acids is 1. The van der Waals surface area contributed by atoms with Crippen molar-refractivity contribution in [3.63, 3.8) is 0 Å². The molecule has 1 aromatic rings. The van der Waals surface area contributed by atoms with Gasteiger partial charge in [0.15, 0.2) is 0 Å². The van der Waals surface area contributed by atoms with E-state index in [1.807, 2.05) is 0 Å². The molecule has 0 aliphatic heterocycles. The third-order valence-corrected chi connectivity index (χ3v) is 1.30. The second kappa shape index (κ2) is 9.52. The summed E-state index contributed by atoms with van der Waals surface area (Å²) in [5.74, 6) is -1.33. The summed E-state index contributed by atoms with van der Waals surface area (Å²) in [5.41, 5.74) is 3.02. The molecule has 0 atom stereocenters. The van der Waals surface area contributed by atoms with Gasteiger partial charge < -0.3 is 15.3 Å². The molecule has 0 saturated heterocycles. The Kier molecular flexibility index (Phi) is 12.0. The van der Waals surface area contributed by atoms with Gasteiger partial charge in [-0.3, -0.25) is 10.1 Å². The van der Waals surface area contributed by atoms with Crippen LogP contribution in [0.1, 0.15) is 10.4 Å². The first kappa shape index (κ1) is 18.9. The van der Waals surface area contributed by atoms with Crippen LogP contribution in [-0.2, 0) is 0 Å². The van der Waals surface area contributed by atoms with Crippen molar-refractivity contribution in [2.24, 2.45) is 0 Å². The van der Waals surface area contributed by atoms with Crippen molar-refractivity contribution in [2.45, 2.75) is 0 Å². The van der Waals surface area contributed by atoms with E-state index in [1.165, 1.54) is 24.3 Å². The zero-order valence-electron chi connectivity index (χ0n) is 8.34. The molecule has 0 bridgehead atoms. The fourth-order valence-corrected chi connectivity index (χ4v) is 0.758. The smallest absolute Gasteiger partial charge is 0.545 e. The van der Waals surface area contributed by atoms with Crippen molar-refractivity contribution in [1.82, 2.24) is 0 Å². The molecule has 0 radical (unpaired) electrons. The van der Waals surface area contributed by atoms with Gasteiger partial charge in [-0.2, -0.15) is 0 Å². The van der Waals surface area contributed by atoms with Crippen molar-refractivity contribution >= 4 is 11.7 Å². The molecule has 0 aromatic heterocycles. The number of carboxylic acid groups (broad SMARTS) is 1. The van der Waals surface area contributed by atoms with Gasteiger partial charge in [-0.05, 0) is 10.6 Å². The first-order chi connectivity index (χ1) is 6.09. The van der Waals surface area contributed by atoms with Crippen molar-refractivity contribution < 1.29 is 131 Å². The first-order valence-corrected chi connectivity index (χ1v) is 3.27. The number of nitro groups is 1. The topological polar surface area (TPSA) is 97.4 Å². The van der Waals surface area contributed by atoms with Crippen molar-refractivity contribution in [1.29, 1.82) is 0 Å². The number of hydrogen-bond donors (Lipinski definition) is 0. The Morgan fingerprint density at radius 3 is 2.00 bits per heavy atom. The number of aromatic carboxylic acids is 1. The predicted octanol–water partition coefficient (Wildman–Crippen LogP) is -5.74. The van der Waals surface area contributed by atoms with E-state index in [-0.39, 0.29) is 128 Å². The van der Waals surface area contributed by atoms with Crippen LogP contribution in [0.5, 0.6) is 0 Å². The minimum absolute atomic E-state index is 0. The van der Waals surface area contributed by atoms with E-state index in [9.17, 15) is 20.0 Å². The summed E-state index contributed by atoms with van der Waals surface area (Å²) in [7, 11) is 0. The molecular formula is C7H4N2O4Rb2. The molecule has 68 valence electrons. The molecule has 0 N–H and O–H groups in total. The van der Waals surface area contributed by atoms with Crippen LogP contribution >= 0.6 is 0 Å². The average molecular weight is 351 g/mol. The van der Waals surface area contributed by atoms with Crippen LogP contribution in [0.4, 0.5) is 5.69 Å². The number of hydrogen-bond acceptors (Lipinski definition) is 4. The van der Waals surface area contributed by atoms with Gasteiger partial charge in [0.25, 0.3) is 0 Å². The van der Waals surface area contributed by atoms with E-state index in [1.54, 1.807) is 0 Å². The van der Waals surface area contributed by atoms with Gasteiger partial charge in [0, 0.05) is 0 Å². The molecule has 15 heavy (non-hydrogen) atoms. The van der Waals surface area contributed by atoms with E-state index in [4.69, 9.17) is 0 Å². The van der Waals surface area contributed by atoms with E-state index in [0.29, 0.717) is 0 Å². The molecule has 0 fully saturated rings. The van der Waals surface area contributed by atoms with Crippen LogP contribution in [-0.4, -0.2) is 11.0 Å². The molecule has 8 heteroatoms. The molecule has 0 aliphatic carbocycles. The molecule has 0 unspecified atom stereocenters. The first-order valence-electron chi connectivity index (χ1n) is 3.27. The van der Waals surface area contributed by atoms with E-state index < -0.39 is 11.0 Å². The summed E-state index contributed by atoms with van der Waals surface area (Å²) in [6, 6.07) is 4.84. The summed E-state index contributed by atoms with van der Waals surface area (Å²) in [6.45, 7) is 0. The largest absolute Gasteiger partial charge is 1.00 e. The quantitative estimate of drug-likeness (QED) is 0.400. The van der Waals surface area contributed by atoms with Crippen molar-refractivity contribution in [2.75, 3.05) is 0 Å². The van der Waals surface area contributed by atoms with Gasteiger partial charge in [-0.15, -0.1) is 0 Å². The van der Waals surface area contributed by atoms with Crippen LogP contribution < -0.4 is 121 Å². The normalized spacial score (nSPS) is 8.00. The van der Waals surface area contributed by atoms with Crippen LogP contribution in [0.3, 0.4) is 0 Å². The van der Waals surface area contributed by atoms with Gasteiger partial charge in [0.05, 0.1) is 5.97 Å². The Balaban J connectivity index is 0. The molecular weight excluding hydrogens is 347 g/mol. The molecule has 6 nitrogen and oxygen atoms in total. The molecule has 0 saturated carbocycles. The predicted molar refractivity (Wildman–Crippen MR) is 40.8 cm³/mol. The Labute approximate surface area is 184 Å². The Hall–Kier alpha value is 1.50. The van der Waals surface area contributed by atoms with Crippen LogP contribution in [0, 0.1) is 10.1 Å². The molecule has 0 spiro atoms. The van der Waals surface area contributed by atoms with Crippen LogP contribution in [0.2, 0.25) is 0 Å². The van der Waals surface area contributed by atoms with E-state index in [0.717, 1.165) is 0 Å². The third-order valence-electron chi connectivity index (χ3n) is 1.30. The fourth-order valence-electron chi connectivity index (χ4n) is 0.758. The number of nitrogens with zero attached hydrogens (tertiary/aromatic N) is 2. The number of carbonyl (C=O) groups is 1. The Bertz CT molecular complexity index is 341. The van der Waals surface area contributed by atoms with E-state index in [2.05, 4.69) is 5.43 Å². The molecule has 1 aromatic carbocycles. The number of carboxylic acids is 1. The molecule has 0 aliphatic rings. The average Bonchev–Trinajstić information content (AvgIpc) is 2.04. The number of benzene rings is 1. The Morgan fingerprint density at radius 1 is 1.20 bits per heavy atom. The summed E-state index contributed by atoms with van der Waals surface area (Å²) < 4.78 is 0. The standard InChI is InChI=1S/C7H5N2O4.2Rb/c10-7(11)5-1-3-6(4-2-5)8-9(12)13;;/h1-4H,(H,10,11);;/q-1;2*+1/p-1. The van der Waals surface area contributed by atoms with Crippen molar-refractivity contribution in [3.05, 3.63) is 45.4 Å². The molecule has 0 heterocycles. The van der Waals surface area contributed by atoms with Crippen molar-refractivity contribution in [3.8, 4) is 0 Å². The zero-order chi connectivity index (χ0) is 9.84. The van der Waals surface area contributed by atoms with Crippen LogP contribution in [0.15, 0.2) is 24.3 Å². The minimum atomic E-state index is -1.33. The SMILES string of the molecule is O=C([O-])c1ccc([N-][N+](=O)[O-])cc1.[Rb+].[Rb+]. The number of rotatable bonds is 3. The maximum atomic E-state index is 10.3. The Morgan fingerprint density at radius 2 is 1.67 bits per heavy atom. The third kappa shape index (κ3) is 7.43. The fraction of sp³-hybridized carbons (Fsp3) is 0. The van der Waals surface area contributed by atoms with Gasteiger partial charge in [0.1, 0.15) is 0 Å². The monoisotopic (exact) mass is 350 g/mol. The van der Waals surface area contributed by atoms with Crippen LogP contribution in [0.25, 0.3) is 5.43 Å². The maximum absolute atomic E-state index is 10.3. The minimum Gasteiger partial charge on any atom is -0.545 e. The van der Waals surface area contributed by atoms with Gasteiger partial charge in [0.2, 0.25) is 0 Å². The van der Waals surface area contributed by atoms with Gasteiger partial charge >= 0.3 is 116 Å². The second-order valence-electron chi connectivity index (χ2n) is 2.17. The summed E-state index contributed by atoms with van der Waals surface area (Å²) >= 11 is 0. The maximum Gasteiger partial charge on any atom is 1.00 e. The molecule has 0 amide bonds.